The fourth-order valence-corrected chi connectivity index (χ4v) is 4.39. The Bertz CT molecular complexity index is 1110. The highest BCUT2D eigenvalue weighted by atomic mass is 16.6. The van der Waals surface area contributed by atoms with Crippen LogP contribution in [0.5, 0.6) is 11.5 Å². The van der Waals surface area contributed by atoms with Gasteiger partial charge in [-0.05, 0) is 36.6 Å². The Morgan fingerprint density at radius 3 is 2.52 bits per heavy atom. The van der Waals surface area contributed by atoms with Crippen LogP contribution in [-0.2, 0) is 9.59 Å². The monoisotopic (exact) mass is 422 g/mol. The standard InChI is InChI=1S/C23H22N2O6/c1-30-20-10-9-14(11-21(20)31-2)17-13-22(27)24(18-7-4-8-19(26)23(17)18)15-5-3-6-16(12-15)25(28)29/h3,5-6,9-12,17H,4,7-8,13H2,1-2H3. The lowest BCUT2D eigenvalue weighted by Gasteiger charge is -2.38. The molecule has 8 nitrogen and oxygen atoms in total. The molecule has 4 rings (SSSR count). The normalized spacial score (nSPS) is 18.6. The highest BCUT2D eigenvalue weighted by Crippen LogP contribution is 2.45. The summed E-state index contributed by atoms with van der Waals surface area (Å²) in [7, 11) is 3.08. The number of methoxy groups -OCH3 is 2. The van der Waals surface area contributed by atoms with Gasteiger partial charge in [-0.25, -0.2) is 0 Å². The van der Waals surface area contributed by atoms with E-state index in [-0.39, 0.29) is 23.8 Å². The molecule has 1 heterocycles. The number of nitro groups is 1. The maximum atomic E-state index is 13.3. The summed E-state index contributed by atoms with van der Waals surface area (Å²) in [5.41, 5.74) is 2.34. The fraction of sp³-hybridized carbons (Fsp3) is 0.304. The van der Waals surface area contributed by atoms with Gasteiger partial charge < -0.3 is 9.47 Å². The zero-order chi connectivity index (χ0) is 22.1. The molecule has 0 saturated carbocycles. The number of ketones is 1. The molecule has 1 aliphatic heterocycles. The zero-order valence-corrected chi connectivity index (χ0v) is 17.3. The Kier molecular flexibility index (Phi) is 5.46. The summed E-state index contributed by atoms with van der Waals surface area (Å²) >= 11 is 0. The van der Waals surface area contributed by atoms with Crippen molar-refractivity contribution in [2.24, 2.45) is 0 Å². The van der Waals surface area contributed by atoms with E-state index in [1.54, 1.807) is 31.4 Å². The number of carbonyl (C=O) groups is 2. The molecule has 1 atom stereocenters. The first-order valence-electron chi connectivity index (χ1n) is 10.00. The summed E-state index contributed by atoms with van der Waals surface area (Å²) in [6.07, 6.45) is 1.69. The lowest BCUT2D eigenvalue weighted by molar-refractivity contribution is -0.384. The second-order valence-corrected chi connectivity index (χ2v) is 7.51. The number of hydrogen-bond acceptors (Lipinski definition) is 6. The predicted octanol–water partition coefficient (Wildman–Crippen LogP) is 4.14. The number of rotatable bonds is 5. The fourth-order valence-electron chi connectivity index (χ4n) is 4.39. The average molecular weight is 422 g/mol. The molecule has 0 spiro atoms. The Morgan fingerprint density at radius 2 is 1.81 bits per heavy atom. The van der Waals surface area contributed by atoms with Crippen molar-refractivity contribution >= 4 is 23.1 Å². The summed E-state index contributed by atoms with van der Waals surface area (Å²) in [6, 6.07) is 11.4. The van der Waals surface area contributed by atoms with Gasteiger partial charge in [0.2, 0.25) is 5.91 Å². The van der Waals surface area contributed by atoms with E-state index in [1.807, 2.05) is 6.07 Å². The Labute approximate surface area is 179 Å². The van der Waals surface area contributed by atoms with Crippen LogP contribution in [0.25, 0.3) is 0 Å². The summed E-state index contributed by atoms with van der Waals surface area (Å²) < 4.78 is 10.7. The Hall–Kier alpha value is -3.68. The molecule has 8 heteroatoms. The van der Waals surface area contributed by atoms with Crippen molar-refractivity contribution in [1.82, 2.24) is 0 Å². The zero-order valence-electron chi connectivity index (χ0n) is 17.3. The van der Waals surface area contributed by atoms with Gasteiger partial charge in [-0.2, -0.15) is 0 Å². The van der Waals surface area contributed by atoms with Crippen molar-refractivity contribution in [2.45, 2.75) is 31.6 Å². The van der Waals surface area contributed by atoms with E-state index in [2.05, 4.69) is 0 Å². The van der Waals surface area contributed by atoms with Crippen LogP contribution in [0.15, 0.2) is 53.7 Å². The number of allylic oxidation sites excluding steroid dienone is 2. The summed E-state index contributed by atoms with van der Waals surface area (Å²) in [4.78, 5) is 38.4. The first-order valence-corrected chi connectivity index (χ1v) is 10.00. The Balaban J connectivity index is 1.84. The topological polar surface area (TPSA) is 99.0 Å². The number of non-ortho nitro benzene ring substituents is 1. The molecule has 0 aromatic heterocycles. The summed E-state index contributed by atoms with van der Waals surface area (Å²) in [5, 5.41) is 11.2. The van der Waals surface area contributed by atoms with Gasteiger partial charge in [0.25, 0.3) is 5.69 Å². The number of nitrogens with zero attached hydrogens (tertiary/aromatic N) is 2. The molecule has 0 fully saturated rings. The lowest BCUT2D eigenvalue weighted by atomic mass is 9.77. The van der Waals surface area contributed by atoms with Crippen molar-refractivity contribution < 1.29 is 24.0 Å². The minimum absolute atomic E-state index is 0.00367. The largest absolute Gasteiger partial charge is 0.493 e. The van der Waals surface area contributed by atoms with Crippen LogP contribution < -0.4 is 14.4 Å². The molecule has 0 bridgehead atoms. The van der Waals surface area contributed by atoms with Gasteiger partial charge in [0.15, 0.2) is 17.3 Å². The number of anilines is 1. The summed E-state index contributed by atoms with van der Waals surface area (Å²) in [5.74, 6) is 0.498. The molecule has 1 amide bonds. The van der Waals surface area contributed by atoms with Crippen molar-refractivity contribution in [3.8, 4) is 11.5 Å². The maximum absolute atomic E-state index is 13.3. The van der Waals surface area contributed by atoms with Crippen LogP contribution >= 0.6 is 0 Å². The smallest absolute Gasteiger partial charge is 0.271 e. The molecule has 31 heavy (non-hydrogen) atoms. The van der Waals surface area contributed by atoms with E-state index in [9.17, 15) is 19.7 Å². The number of Topliss-reactive ketones (excluding diaryl/α,β-unsaturated/α-hetero) is 1. The van der Waals surface area contributed by atoms with E-state index in [4.69, 9.17) is 9.47 Å². The van der Waals surface area contributed by atoms with Gasteiger partial charge in [-0.1, -0.05) is 12.1 Å². The van der Waals surface area contributed by atoms with Crippen LogP contribution in [0.2, 0.25) is 0 Å². The van der Waals surface area contributed by atoms with Crippen LogP contribution in [-0.4, -0.2) is 30.8 Å². The van der Waals surface area contributed by atoms with E-state index < -0.39 is 10.8 Å². The average Bonchev–Trinajstić information content (AvgIpc) is 2.78. The number of nitro benzene ring substituents is 1. The Morgan fingerprint density at radius 1 is 1.03 bits per heavy atom. The summed E-state index contributed by atoms with van der Waals surface area (Å²) in [6.45, 7) is 0. The molecular weight excluding hydrogens is 400 g/mol. The molecule has 1 unspecified atom stereocenters. The van der Waals surface area contributed by atoms with Gasteiger partial charge in [0.1, 0.15) is 0 Å². The number of carbonyl (C=O) groups excluding carboxylic acids is 2. The predicted molar refractivity (Wildman–Crippen MR) is 113 cm³/mol. The van der Waals surface area contributed by atoms with E-state index in [0.717, 1.165) is 5.56 Å². The third kappa shape index (κ3) is 3.65. The van der Waals surface area contributed by atoms with Crippen LogP contribution in [0.3, 0.4) is 0 Å². The minimum atomic E-state index is -0.494. The third-order valence-corrected chi connectivity index (χ3v) is 5.78. The van der Waals surface area contributed by atoms with Gasteiger partial charge in [-0.3, -0.25) is 24.6 Å². The first kappa shape index (κ1) is 20.6. The number of hydrogen-bond donors (Lipinski definition) is 0. The highest BCUT2D eigenvalue weighted by molar-refractivity contribution is 6.07. The second kappa shape index (κ2) is 8.22. The minimum Gasteiger partial charge on any atom is -0.493 e. The second-order valence-electron chi connectivity index (χ2n) is 7.51. The third-order valence-electron chi connectivity index (χ3n) is 5.78. The van der Waals surface area contributed by atoms with Crippen molar-refractivity contribution in [3.63, 3.8) is 0 Å². The van der Waals surface area contributed by atoms with E-state index in [0.29, 0.717) is 47.7 Å². The molecule has 2 aromatic rings. The molecule has 2 aromatic carbocycles. The number of benzene rings is 2. The quantitative estimate of drug-likeness (QED) is 0.530. The van der Waals surface area contributed by atoms with Crippen molar-refractivity contribution in [1.29, 1.82) is 0 Å². The highest BCUT2D eigenvalue weighted by Gasteiger charge is 2.40. The van der Waals surface area contributed by atoms with Gasteiger partial charge >= 0.3 is 0 Å². The molecule has 160 valence electrons. The molecular formula is C23H22N2O6. The molecule has 0 N–H and O–H groups in total. The van der Waals surface area contributed by atoms with Crippen LogP contribution in [0.1, 0.15) is 37.2 Å². The maximum Gasteiger partial charge on any atom is 0.271 e. The molecule has 0 saturated heterocycles. The molecule has 1 aliphatic carbocycles. The van der Waals surface area contributed by atoms with Crippen molar-refractivity contribution in [3.05, 3.63) is 69.4 Å². The van der Waals surface area contributed by atoms with Crippen molar-refractivity contribution in [2.75, 3.05) is 19.1 Å². The SMILES string of the molecule is COc1ccc(C2CC(=O)N(c3cccc([N+](=O)[O-])c3)C3=C2C(=O)CCC3)cc1OC. The molecule has 2 aliphatic rings. The van der Waals surface area contributed by atoms with Gasteiger partial charge in [-0.15, -0.1) is 0 Å². The first-order chi connectivity index (χ1) is 14.9. The van der Waals surface area contributed by atoms with E-state index in [1.165, 1.54) is 24.1 Å². The number of ether oxygens (including phenoxy) is 2. The van der Waals surface area contributed by atoms with Crippen LogP contribution in [0, 0.1) is 10.1 Å². The van der Waals surface area contributed by atoms with Gasteiger partial charge in [0, 0.05) is 42.2 Å². The van der Waals surface area contributed by atoms with E-state index >= 15 is 0 Å². The lowest BCUT2D eigenvalue weighted by Crippen LogP contribution is -2.40. The van der Waals surface area contributed by atoms with Gasteiger partial charge in [0.05, 0.1) is 24.8 Å². The molecule has 0 radical (unpaired) electrons. The number of amides is 1. The van der Waals surface area contributed by atoms with Crippen LogP contribution in [0.4, 0.5) is 11.4 Å².